The lowest BCUT2D eigenvalue weighted by Gasteiger charge is -2.08. The molecular weight excluding hydrogens is 174 g/mol. The minimum absolute atomic E-state index is 0.340. The molecule has 2 atom stereocenters. The van der Waals surface area contributed by atoms with E-state index in [1.54, 1.807) is 5.57 Å². The highest BCUT2D eigenvalue weighted by atomic mass is 16.5. The van der Waals surface area contributed by atoms with Crippen molar-refractivity contribution < 1.29 is 4.74 Å². The fourth-order valence-corrected chi connectivity index (χ4v) is 2.46. The van der Waals surface area contributed by atoms with Gasteiger partial charge in [-0.05, 0) is 44.9 Å². The Labute approximate surface area is 86.5 Å². The average Bonchev–Trinajstić information content (AvgIpc) is 2.77. The van der Waals surface area contributed by atoms with E-state index in [4.69, 9.17) is 10.5 Å². The van der Waals surface area contributed by atoms with Crippen molar-refractivity contribution in [2.75, 3.05) is 6.61 Å². The number of rotatable bonds is 4. The molecule has 0 saturated carbocycles. The van der Waals surface area contributed by atoms with Crippen LogP contribution in [0.15, 0.2) is 11.6 Å². The van der Waals surface area contributed by atoms with Gasteiger partial charge in [-0.2, -0.15) is 0 Å². The SMILES string of the molecule is NC1C=C(CCCC2CCCO2)CC1. The van der Waals surface area contributed by atoms with Crippen LogP contribution in [-0.4, -0.2) is 18.8 Å². The first-order valence-corrected chi connectivity index (χ1v) is 5.91. The minimum atomic E-state index is 0.340. The number of hydrogen-bond acceptors (Lipinski definition) is 2. The summed E-state index contributed by atoms with van der Waals surface area (Å²) < 4.78 is 5.59. The molecule has 80 valence electrons. The zero-order valence-electron chi connectivity index (χ0n) is 8.87. The van der Waals surface area contributed by atoms with Crippen molar-refractivity contribution in [2.24, 2.45) is 5.73 Å². The van der Waals surface area contributed by atoms with Crippen LogP contribution in [0, 0.1) is 0 Å². The highest BCUT2D eigenvalue weighted by molar-refractivity contribution is 5.13. The lowest BCUT2D eigenvalue weighted by atomic mass is 10.0. The summed E-state index contributed by atoms with van der Waals surface area (Å²) in [6.45, 7) is 0.984. The number of nitrogens with two attached hydrogens (primary N) is 1. The fourth-order valence-electron chi connectivity index (χ4n) is 2.46. The first-order chi connectivity index (χ1) is 6.84. The summed E-state index contributed by atoms with van der Waals surface area (Å²) in [5.41, 5.74) is 7.40. The van der Waals surface area contributed by atoms with Gasteiger partial charge in [-0.1, -0.05) is 11.6 Å². The maximum absolute atomic E-state index is 5.82. The Morgan fingerprint density at radius 1 is 1.43 bits per heavy atom. The van der Waals surface area contributed by atoms with Gasteiger partial charge in [-0.25, -0.2) is 0 Å². The van der Waals surface area contributed by atoms with Gasteiger partial charge in [0.1, 0.15) is 0 Å². The van der Waals surface area contributed by atoms with Crippen LogP contribution in [0.5, 0.6) is 0 Å². The van der Waals surface area contributed by atoms with Gasteiger partial charge in [0.2, 0.25) is 0 Å². The quantitative estimate of drug-likeness (QED) is 0.699. The van der Waals surface area contributed by atoms with Crippen LogP contribution >= 0.6 is 0 Å². The normalized spacial score (nSPS) is 32.2. The molecule has 2 unspecified atom stereocenters. The van der Waals surface area contributed by atoms with E-state index >= 15 is 0 Å². The molecule has 2 N–H and O–H groups in total. The predicted octanol–water partition coefficient (Wildman–Crippen LogP) is 2.38. The van der Waals surface area contributed by atoms with Gasteiger partial charge in [-0.15, -0.1) is 0 Å². The first kappa shape index (κ1) is 10.2. The maximum Gasteiger partial charge on any atom is 0.0576 e. The molecule has 0 aromatic carbocycles. The van der Waals surface area contributed by atoms with E-state index in [-0.39, 0.29) is 0 Å². The van der Waals surface area contributed by atoms with E-state index in [1.807, 2.05) is 0 Å². The molecule has 2 aliphatic rings. The van der Waals surface area contributed by atoms with E-state index in [1.165, 1.54) is 38.5 Å². The van der Waals surface area contributed by atoms with Crippen LogP contribution in [0.4, 0.5) is 0 Å². The Kier molecular flexibility index (Phi) is 3.60. The predicted molar refractivity (Wildman–Crippen MR) is 58.1 cm³/mol. The molecule has 0 aromatic rings. The van der Waals surface area contributed by atoms with Crippen molar-refractivity contribution in [2.45, 2.75) is 57.1 Å². The molecule has 1 fully saturated rings. The summed E-state index contributed by atoms with van der Waals surface area (Å²) in [6.07, 6.45) is 11.5. The van der Waals surface area contributed by atoms with Gasteiger partial charge in [0.15, 0.2) is 0 Å². The Hall–Kier alpha value is -0.340. The van der Waals surface area contributed by atoms with Gasteiger partial charge < -0.3 is 10.5 Å². The maximum atomic E-state index is 5.82. The molecule has 2 heteroatoms. The van der Waals surface area contributed by atoms with Crippen molar-refractivity contribution in [1.29, 1.82) is 0 Å². The smallest absolute Gasteiger partial charge is 0.0576 e. The zero-order valence-corrected chi connectivity index (χ0v) is 8.87. The van der Waals surface area contributed by atoms with Gasteiger partial charge in [-0.3, -0.25) is 0 Å². The van der Waals surface area contributed by atoms with Crippen molar-refractivity contribution >= 4 is 0 Å². The summed E-state index contributed by atoms with van der Waals surface area (Å²) in [6, 6.07) is 0.340. The highest BCUT2D eigenvalue weighted by Crippen LogP contribution is 2.24. The Morgan fingerprint density at radius 3 is 3.00 bits per heavy atom. The highest BCUT2D eigenvalue weighted by Gasteiger charge is 2.16. The third-order valence-corrected chi connectivity index (χ3v) is 3.30. The van der Waals surface area contributed by atoms with Crippen molar-refractivity contribution in [3.05, 3.63) is 11.6 Å². The molecule has 1 saturated heterocycles. The molecular formula is C12H21NO. The van der Waals surface area contributed by atoms with E-state index in [9.17, 15) is 0 Å². The molecule has 2 rings (SSSR count). The van der Waals surface area contributed by atoms with Crippen LogP contribution in [0.25, 0.3) is 0 Å². The zero-order chi connectivity index (χ0) is 9.80. The number of allylic oxidation sites excluding steroid dienone is 1. The van der Waals surface area contributed by atoms with Crippen LogP contribution in [0.1, 0.15) is 44.9 Å². The molecule has 1 aliphatic heterocycles. The summed E-state index contributed by atoms with van der Waals surface area (Å²) >= 11 is 0. The number of ether oxygens (including phenoxy) is 1. The molecule has 0 bridgehead atoms. The minimum Gasteiger partial charge on any atom is -0.378 e. The molecule has 2 nitrogen and oxygen atoms in total. The molecule has 0 aromatic heterocycles. The second kappa shape index (κ2) is 4.94. The van der Waals surface area contributed by atoms with Crippen LogP contribution in [0.3, 0.4) is 0 Å². The molecule has 1 aliphatic carbocycles. The monoisotopic (exact) mass is 195 g/mol. The fraction of sp³-hybridized carbons (Fsp3) is 0.833. The molecule has 0 amide bonds. The van der Waals surface area contributed by atoms with E-state index < -0.39 is 0 Å². The molecule has 0 radical (unpaired) electrons. The Bertz CT molecular complexity index is 206. The molecule has 14 heavy (non-hydrogen) atoms. The van der Waals surface area contributed by atoms with Gasteiger partial charge in [0.05, 0.1) is 6.10 Å². The second-order valence-corrected chi connectivity index (χ2v) is 4.55. The summed E-state index contributed by atoms with van der Waals surface area (Å²) in [4.78, 5) is 0. The van der Waals surface area contributed by atoms with Crippen LogP contribution < -0.4 is 5.73 Å². The van der Waals surface area contributed by atoms with Crippen molar-refractivity contribution in [3.8, 4) is 0 Å². The van der Waals surface area contributed by atoms with E-state index in [2.05, 4.69) is 6.08 Å². The number of hydrogen-bond donors (Lipinski definition) is 1. The summed E-state index contributed by atoms with van der Waals surface area (Å²) in [5, 5.41) is 0. The summed E-state index contributed by atoms with van der Waals surface area (Å²) in [7, 11) is 0. The van der Waals surface area contributed by atoms with Crippen molar-refractivity contribution in [3.63, 3.8) is 0 Å². The largest absolute Gasteiger partial charge is 0.378 e. The van der Waals surface area contributed by atoms with E-state index in [0.717, 1.165) is 13.0 Å². The third kappa shape index (κ3) is 2.82. The summed E-state index contributed by atoms with van der Waals surface area (Å²) in [5.74, 6) is 0. The van der Waals surface area contributed by atoms with Gasteiger partial charge in [0, 0.05) is 12.6 Å². The topological polar surface area (TPSA) is 35.2 Å². The lowest BCUT2D eigenvalue weighted by Crippen LogP contribution is -2.11. The van der Waals surface area contributed by atoms with Gasteiger partial charge in [0.25, 0.3) is 0 Å². The van der Waals surface area contributed by atoms with Crippen molar-refractivity contribution in [1.82, 2.24) is 0 Å². The Balaban J connectivity index is 1.60. The standard InChI is InChI=1S/C12H21NO/c13-11-7-6-10(9-11)3-1-4-12-5-2-8-14-12/h9,11-12H,1-8,13H2. The van der Waals surface area contributed by atoms with Gasteiger partial charge >= 0.3 is 0 Å². The lowest BCUT2D eigenvalue weighted by molar-refractivity contribution is 0.102. The average molecular weight is 195 g/mol. The van der Waals surface area contributed by atoms with E-state index in [0.29, 0.717) is 12.1 Å². The first-order valence-electron chi connectivity index (χ1n) is 5.91. The third-order valence-electron chi connectivity index (χ3n) is 3.30. The van der Waals surface area contributed by atoms with Crippen LogP contribution in [-0.2, 0) is 4.74 Å². The van der Waals surface area contributed by atoms with Crippen LogP contribution in [0.2, 0.25) is 0 Å². The molecule has 1 heterocycles. The second-order valence-electron chi connectivity index (χ2n) is 4.55. The Morgan fingerprint density at radius 2 is 2.36 bits per heavy atom. The molecule has 0 spiro atoms.